The molecular weight excluding hydrogens is 226 g/mol. The number of nitrogen functional groups attached to an aromatic ring is 1. The molecule has 92 valence electrons. The van der Waals surface area contributed by atoms with Crippen LogP contribution in [0, 0.1) is 13.8 Å². The van der Waals surface area contributed by atoms with Crippen LogP contribution < -0.4 is 11.1 Å². The molecule has 0 aliphatic carbocycles. The van der Waals surface area contributed by atoms with E-state index in [0.717, 1.165) is 11.3 Å². The van der Waals surface area contributed by atoms with E-state index in [0.29, 0.717) is 17.1 Å². The molecule has 1 amide bonds. The molecule has 0 atom stereocenters. The predicted octanol–water partition coefficient (Wildman–Crippen LogP) is 2.53. The highest BCUT2D eigenvalue weighted by molar-refractivity contribution is 6.04. The van der Waals surface area contributed by atoms with Crippen molar-refractivity contribution in [3.8, 4) is 0 Å². The number of rotatable bonds is 2. The first-order valence-corrected chi connectivity index (χ1v) is 5.67. The number of nitrogens with zero attached hydrogens (tertiary/aromatic N) is 1. The van der Waals surface area contributed by atoms with Crippen LogP contribution in [0.3, 0.4) is 0 Å². The van der Waals surface area contributed by atoms with Gasteiger partial charge in [0.05, 0.1) is 11.4 Å². The smallest absolute Gasteiger partial charge is 0.274 e. The number of hydrogen-bond donors (Lipinski definition) is 2. The first-order valence-electron chi connectivity index (χ1n) is 5.67. The van der Waals surface area contributed by atoms with Crippen molar-refractivity contribution in [2.24, 2.45) is 0 Å². The summed E-state index contributed by atoms with van der Waals surface area (Å²) >= 11 is 0. The highest BCUT2D eigenvalue weighted by atomic mass is 16.1. The number of amides is 1. The van der Waals surface area contributed by atoms with Gasteiger partial charge in [-0.3, -0.25) is 4.79 Å². The van der Waals surface area contributed by atoms with Gasteiger partial charge in [-0.25, -0.2) is 4.98 Å². The van der Waals surface area contributed by atoms with Gasteiger partial charge < -0.3 is 11.1 Å². The lowest BCUT2D eigenvalue weighted by atomic mass is 10.2. The minimum absolute atomic E-state index is 0.255. The molecule has 3 N–H and O–H groups in total. The van der Waals surface area contributed by atoms with E-state index in [4.69, 9.17) is 5.73 Å². The Morgan fingerprint density at radius 1 is 1.22 bits per heavy atom. The summed E-state index contributed by atoms with van der Waals surface area (Å²) in [6, 6.07) is 10.8. The topological polar surface area (TPSA) is 68.0 Å². The molecule has 2 rings (SSSR count). The van der Waals surface area contributed by atoms with Gasteiger partial charge in [-0.2, -0.15) is 0 Å². The Labute approximate surface area is 106 Å². The number of anilines is 2. The number of hydrogen-bond acceptors (Lipinski definition) is 3. The Morgan fingerprint density at radius 2 is 2.00 bits per heavy atom. The molecule has 0 spiro atoms. The summed E-state index contributed by atoms with van der Waals surface area (Å²) in [6.45, 7) is 3.79. The molecule has 4 heteroatoms. The van der Waals surface area contributed by atoms with Gasteiger partial charge in [0.2, 0.25) is 0 Å². The summed E-state index contributed by atoms with van der Waals surface area (Å²) in [6.07, 6.45) is 0. The summed E-state index contributed by atoms with van der Waals surface area (Å²) < 4.78 is 0. The van der Waals surface area contributed by atoms with E-state index in [1.807, 2.05) is 32.0 Å². The van der Waals surface area contributed by atoms with E-state index in [2.05, 4.69) is 10.3 Å². The molecule has 2 aromatic rings. The number of aryl methyl sites for hydroxylation is 2. The average molecular weight is 241 g/mol. The largest absolute Gasteiger partial charge is 0.397 e. The van der Waals surface area contributed by atoms with Crippen LogP contribution in [-0.2, 0) is 0 Å². The van der Waals surface area contributed by atoms with Crippen LogP contribution in [0.1, 0.15) is 21.7 Å². The zero-order chi connectivity index (χ0) is 13.1. The summed E-state index contributed by atoms with van der Waals surface area (Å²) in [5.74, 6) is -0.255. The standard InChI is InChI=1S/C14H15N3O/c1-9-6-7-12(11(15)8-9)17-14(18)13-5-3-4-10(2)16-13/h3-8H,15H2,1-2H3,(H,17,18). The normalized spacial score (nSPS) is 10.1. The molecule has 1 heterocycles. The van der Waals surface area contributed by atoms with Crippen molar-refractivity contribution in [1.82, 2.24) is 4.98 Å². The van der Waals surface area contributed by atoms with E-state index < -0.39 is 0 Å². The minimum atomic E-state index is -0.255. The molecule has 0 bridgehead atoms. The second kappa shape index (κ2) is 4.87. The Morgan fingerprint density at radius 3 is 2.67 bits per heavy atom. The van der Waals surface area contributed by atoms with Gasteiger partial charge in [-0.1, -0.05) is 12.1 Å². The van der Waals surface area contributed by atoms with Crippen molar-refractivity contribution < 1.29 is 4.79 Å². The van der Waals surface area contributed by atoms with Gasteiger partial charge in [-0.05, 0) is 43.7 Å². The summed E-state index contributed by atoms with van der Waals surface area (Å²) in [5.41, 5.74) is 9.24. The fraction of sp³-hybridized carbons (Fsp3) is 0.143. The lowest BCUT2D eigenvalue weighted by Crippen LogP contribution is -2.15. The number of nitrogens with one attached hydrogen (secondary N) is 1. The Balaban J connectivity index is 2.21. The molecule has 4 nitrogen and oxygen atoms in total. The molecule has 0 unspecified atom stereocenters. The Hall–Kier alpha value is -2.36. The fourth-order valence-electron chi connectivity index (χ4n) is 1.65. The summed E-state index contributed by atoms with van der Waals surface area (Å²) in [7, 11) is 0. The SMILES string of the molecule is Cc1ccc(NC(=O)c2cccc(C)n2)c(N)c1. The third kappa shape index (κ3) is 2.66. The maximum atomic E-state index is 12.0. The van der Waals surface area contributed by atoms with Gasteiger partial charge in [0.15, 0.2) is 0 Å². The molecule has 1 aromatic heterocycles. The number of benzene rings is 1. The molecule has 1 aromatic carbocycles. The number of nitrogens with two attached hydrogens (primary N) is 1. The van der Waals surface area contributed by atoms with E-state index >= 15 is 0 Å². The number of pyridine rings is 1. The summed E-state index contributed by atoms with van der Waals surface area (Å²) in [5, 5.41) is 2.75. The lowest BCUT2D eigenvalue weighted by Gasteiger charge is -2.08. The first kappa shape index (κ1) is 12.1. The maximum Gasteiger partial charge on any atom is 0.274 e. The fourth-order valence-corrected chi connectivity index (χ4v) is 1.65. The molecule has 0 radical (unpaired) electrons. The van der Waals surface area contributed by atoms with Gasteiger partial charge >= 0.3 is 0 Å². The first-order chi connectivity index (χ1) is 8.56. The highest BCUT2D eigenvalue weighted by Gasteiger charge is 2.09. The zero-order valence-corrected chi connectivity index (χ0v) is 10.4. The van der Waals surface area contributed by atoms with Crippen molar-refractivity contribution in [1.29, 1.82) is 0 Å². The van der Waals surface area contributed by atoms with Crippen LogP contribution in [0.15, 0.2) is 36.4 Å². The molecular formula is C14H15N3O. The Kier molecular flexibility index (Phi) is 3.28. The second-order valence-electron chi connectivity index (χ2n) is 4.21. The molecule has 18 heavy (non-hydrogen) atoms. The monoisotopic (exact) mass is 241 g/mol. The quantitative estimate of drug-likeness (QED) is 0.794. The van der Waals surface area contributed by atoms with E-state index in [9.17, 15) is 4.79 Å². The van der Waals surface area contributed by atoms with Gasteiger partial charge in [0.25, 0.3) is 5.91 Å². The van der Waals surface area contributed by atoms with Crippen LogP contribution in [0.4, 0.5) is 11.4 Å². The van der Waals surface area contributed by atoms with Crippen molar-refractivity contribution in [3.63, 3.8) is 0 Å². The van der Waals surface area contributed by atoms with Gasteiger partial charge in [0.1, 0.15) is 5.69 Å². The predicted molar refractivity (Wildman–Crippen MR) is 72.5 cm³/mol. The van der Waals surface area contributed by atoms with E-state index in [1.165, 1.54) is 0 Å². The van der Waals surface area contributed by atoms with Crippen LogP contribution in [0.25, 0.3) is 0 Å². The molecule has 0 fully saturated rings. The van der Waals surface area contributed by atoms with Crippen LogP contribution in [-0.4, -0.2) is 10.9 Å². The highest BCUT2D eigenvalue weighted by Crippen LogP contribution is 2.19. The van der Waals surface area contributed by atoms with E-state index in [1.54, 1.807) is 18.2 Å². The van der Waals surface area contributed by atoms with Crippen LogP contribution in [0.5, 0.6) is 0 Å². The maximum absolute atomic E-state index is 12.0. The second-order valence-corrected chi connectivity index (χ2v) is 4.21. The van der Waals surface area contributed by atoms with Crippen molar-refractivity contribution in [3.05, 3.63) is 53.3 Å². The van der Waals surface area contributed by atoms with Crippen molar-refractivity contribution in [2.75, 3.05) is 11.1 Å². The molecule has 0 aliphatic rings. The minimum Gasteiger partial charge on any atom is -0.397 e. The van der Waals surface area contributed by atoms with Gasteiger partial charge in [0, 0.05) is 5.69 Å². The number of carbonyl (C=O) groups is 1. The third-order valence-electron chi connectivity index (χ3n) is 2.58. The van der Waals surface area contributed by atoms with Crippen LogP contribution >= 0.6 is 0 Å². The molecule has 0 aliphatic heterocycles. The number of carbonyl (C=O) groups excluding carboxylic acids is 1. The molecule has 0 saturated carbocycles. The van der Waals surface area contributed by atoms with Crippen LogP contribution in [0.2, 0.25) is 0 Å². The summed E-state index contributed by atoms with van der Waals surface area (Å²) in [4.78, 5) is 16.1. The lowest BCUT2D eigenvalue weighted by molar-refractivity contribution is 0.102. The average Bonchev–Trinajstić information content (AvgIpc) is 2.32. The zero-order valence-electron chi connectivity index (χ0n) is 10.4. The van der Waals surface area contributed by atoms with Crippen molar-refractivity contribution >= 4 is 17.3 Å². The number of aromatic nitrogens is 1. The third-order valence-corrected chi connectivity index (χ3v) is 2.58. The molecule has 0 saturated heterocycles. The van der Waals surface area contributed by atoms with Gasteiger partial charge in [-0.15, -0.1) is 0 Å². The Bertz CT molecular complexity index is 593. The van der Waals surface area contributed by atoms with E-state index in [-0.39, 0.29) is 5.91 Å². The van der Waals surface area contributed by atoms with Crippen molar-refractivity contribution in [2.45, 2.75) is 13.8 Å².